The SMILES string of the molecule is O=C(NC1CCOCC1O)c1cc(Cc2ccc(Cl)cc2)c2ccccc2c1F. The number of hydrogen-bond donors (Lipinski definition) is 2. The molecule has 29 heavy (non-hydrogen) atoms. The second kappa shape index (κ2) is 8.49. The summed E-state index contributed by atoms with van der Waals surface area (Å²) in [5.41, 5.74) is 1.84. The number of rotatable bonds is 4. The molecule has 2 atom stereocenters. The molecule has 0 saturated carbocycles. The van der Waals surface area contributed by atoms with Gasteiger partial charge in [-0.2, -0.15) is 0 Å². The number of nitrogens with one attached hydrogen (secondary N) is 1. The fraction of sp³-hybridized carbons (Fsp3) is 0.261. The molecule has 150 valence electrons. The highest BCUT2D eigenvalue weighted by Gasteiger charge is 2.27. The number of carbonyl (C=O) groups is 1. The van der Waals surface area contributed by atoms with Gasteiger partial charge in [-0.25, -0.2) is 4.39 Å². The zero-order valence-electron chi connectivity index (χ0n) is 15.7. The minimum atomic E-state index is -0.801. The number of amides is 1. The van der Waals surface area contributed by atoms with Crippen LogP contribution in [0.3, 0.4) is 0 Å². The van der Waals surface area contributed by atoms with Crippen molar-refractivity contribution in [1.82, 2.24) is 5.32 Å². The minimum absolute atomic E-state index is 0.0219. The smallest absolute Gasteiger partial charge is 0.254 e. The second-order valence-electron chi connectivity index (χ2n) is 7.26. The van der Waals surface area contributed by atoms with E-state index in [0.717, 1.165) is 16.5 Å². The molecule has 6 heteroatoms. The molecule has 1 amide bonds. The lowest BCUT2D eigenvalue weighted by molar-refractivity contribution is -0.0261. The predicted molar refractivity (Wildman–Crippen MR) is 111 cm³/mol. The van der Waals surface area contributed by atoms with Crippen molar-refractivity contribution in [3.05, 3.63) is 82.1 Å². The maximum Gasteiger partial charge on any atom is 0.254 e. The maximum absolute atomic E-state index is 15.2. The molecule has 2 N–H and O–H groups in total. The fourth-order valence-electron chi connectivity index (χ4n) is 3.69. The molecule has 1 heterocycles. The molecule has 1 fully saturated rings. The Kier molecular flexibility index (Phi) is 5.81. The van der Waals surface area contributed by atoms with E-state index >= 15 is 4.39 Å². The van der Waals surface area contributed by atoms with Gasteiger partial charge in [0.15, 0.2) is 0 Å². The highest BCUT2D eigenvalue weighted by molar-refractivity contribution is 6.30. The summed E-state index contributed by atoms with van der Waals surface area (Å²) < 4.78 is 20.4. The number of halogens is 2. The number of carbonyl (C=O) groups excluding carboxylic acids is 1. The Balaban J connectivity index is 1.71. The molecule has 2 unspecified atom stereocenters. The van der Waals surface area contributed by atoms with Crippen LogP contribution in [0.25, 0.3) is 10.8 Å². The minimum Gasteiger partial charge on any atom is -0.389 e. The number of aliphatic hydroxyl groups is 1. The Morgan fingerprint density at radius 1 is 1.17 bits per heavy atom. The zero-order valence-corrected chi connectivity index (χ0v) is 16.5. The molecule has 1 saturated heterocycles. The van der Waals surface area contributed by atoms with Crippen molar-refractivity contribution in [3.63, 3.8) is 0 Å². The van der Waals surface area contributed by atoms with Crippen LogP contribution in [-0.2, 0) is 11.2 Å². The van der Waals surface area contributed by atoms with E-state index in [1.54, 1.807) is 18.2 Å². The first-order valence-corrected chi connectivity index (χ1v) is 9.92. The van der Waals surface area contributed by atoms with E-state index in [1.807, 2.05) is 36.4 Å². The van der Waals surface area contributed by atoms with E-state index in [9.17, 15) is 9.90 Å². The molecule has 3 aromatic rings. The Morgan fingerprint density at radius 3 is 2.62 bits per heavy atom. The summed E-state index contributed by atoms with van der Waals surface area (Å²) >= 11 is 5.97. The predicted octanol–water partition coefficient (Wildman–Crippen LogP) is 4.10. The largest absolute Gasteiger partial charge is 0.389 e. The van der Waals surface area contributed by atoms with Crippen LogP contribution >= 0.6 is 11.6 Å². The van der Waals surface area contributed by atoms with Crippen molar-refractivity contribution < 1.29 is 19.0 Å². The molecular formula is C23H21ClFNO3. The summed E-state index contributed by atoms with van der Waals surface area (Å²) in [7, 11) is 0. The van der Waals surface area contributed by atoms with Crippen molar-refractivity contribution in [3.8, 4) is 0 Å². The summed E-state index contributed by atoms with van der Waals surface area (Å²) in [6.07, 6.45) is 0.225. The number of fused-ring (bicyclic) bond motifs is 1. The van der Waals surface area contributed by atoms with Gasteiger partial charge in [-0.3, -0.25) is 4.79 Å². The number of ether oxygens (including phenoxy) is 1. The summed E-state index contributed by atoms with van der Waals surface area (Å²) in [5.74, 6) is -1.09. The average molecular weight is 414 g/mol. The quantitative estimate of drug-likeness (QED) is 0.677. The Morgan fingerprint density at radius 2 is 1.90 bits per heavy atom. The third-order valence-electron chi connectivity index (χ3n) is 5.26. The van der Waals surface area contributed by atoms with E-state index in [4.69, 9.17) is 16.3 Å². The second-order valence-corrected chi connectivity index (χ2v) is 7.69. The first kappa shape index (κ1) is 19.8. The van der Waals surface area contributed by atoms with E-state index < -0.39 is 23.9 Å². The van der Waals surface area contributed by atoms with Crippen molar-refractivity contribution in [2.24, 2.45) is 0 Å². The van der Waals surface area contributed by atoms with Crippen LogP contribution in [0.15, 0.2) is 54.6 Å². The molecule has 0 radical (unpaired) electrons. The molecule has 4 rings (SSSR count). The van der Waals surface area contributed by atoms with Crippen molar-refractivity contribution in [2.75, 3.05) is 13.2 Å². The van der Waals surface area contributed by atoms with Gasteiger partial charge in [0.1, 0.15) is 5.82 Å². The fourth-order valence-corrected chi connectivity index (χ4v) is 3.81. The molecule has 0 aliphatic carbocycles. The van der Waals surface area contributed by atoms with Crippen LogP contribution in [0.4, 0.5) is 4.39 Å². The van der Waals surface area contributed by atoms with Crippen LogP contribution in [0, 0.1) is 5.82 Å². The monoisotopic (exact) mass is 413 g/mol. The van der Waals surface area contributed by atoms with Gasteiger partial charge in [-0.1, -0.05) is 48.0 Å². The number of hydrogen-bond acceptors (Lipinski definition) is 3. The van der Waals surface area contributed by atoms with Gasteiger partial charge < -0.3 is 15.2 Å². The van der Waals surface area contributed by atoms with Crippen LogP contribution in [-0.4, -0.2) is 36.4 Å². The maximum atomic E-state index is 15.2. The topological polar surface area (TPSA) is 58.6 Å². The van der Waals surface area contributed by atoms with E-state index in [0.29, 0.717) is 29.9 Å². The van der Waals surface area contributed by atoms with E-state index in [-0.39, 0.29) is 12.2 Å². The molecule has 4 nitrogen and oxygen atoms in total. The Hall–Kier alpha value is -2.47. The molecule has 1 aliphatic heterocycles. The van der Waals surface area contributed by atoms with Crippen LogP contribution in [0.1, 0.15) is 27.9 Å². The van der Waals surface area contributed by atoms with E-state index in [2.05, 4.69) is 5.32 Å². The third-order valence-corrected chi connectivity index (χ3v) is 5.51. The lowest BCUT2D eigenvalue weighted by Gasteiger charge is -2.28. The summed E-state index contributed by atoms with van der Waals surface area (Å²) in [4.78, 5) is 12.9. The standard InChI is InChI=1S/C23H21ClFNO3/c24-16-7-5-14(6-8-16)11-15-12-19(22(25)18-4-2-1-3-17(15)18)23(28)26-20-9-10-29-13-21(20)27/h1-8,12,20-21,27H,9-11,13H2,(H,26,28). The normalized spacial score (nSPS) is 19.3. The summed E-state index contributed by atoms with van der Waals surface area (Å²) in [5, 5.41) is 14.6. The highest BCUT2D eigenvalue weighted by atomic mass is 35.5. The lowest BCUT2D eigenvalue weighted by Crippen LogP contribution is -2.48. The van der Waals surface area contributed by atoms with Crippen molar-refractivity contribution >= 4 is 28.3 Å². The highest BCUT2D eigenvalue weighted by Crippen LogP contribution is 2.28. The lowest BCUT2D eigenvalue weighted by atomic mass is 9.94. The van der Waals surface area contributed by atoms with Gasteiger partial charge in [-0.15, -0.1) is 0 Å². The van der Waals surface area contributed by atoms with Gasteiger partial charge in [0.05, 0.1) is 24.3 Å². The average Bonchev–Trinajstić information content (AvgIpc) is 2.73. The summed E-state index contributed by atoms with van der Waals surface area (Å²) in [6, 6.07) is 15.7. The van der Waals surface area contributed by atoms with Crippen LogP contribution in [0.5, 0.6) is 0 Å². The first-order chi connectivity index (χ1) is 14.0. The number of aliphatic hydroxyl groups excluding tert-OH is 1. The summed E-state index contributed by atoms with van der Waals surface area (Å²) in [6.45, 7) is 0.608. The first-order valence-electron chi connectivity index (χ1n) is 9.54. The van der Waals surface area contributed by atoms with Gasteiger partial charge in [0.2, 0.25) is 0 Å². The van der Waals surface area contributed by atoms with Gasteiger partial charge in [-0.05, 0) is 47.6 Å². The molecule has 1 aliphatic rings. The number of benzene rings is 3. The Bertz CT molecular complexity index is 1040. The van der Waals surface area contributed by atoms with Gasteiger partial charge in [0.25, 0.3) is 5.91 Å². The molecule has 0 spiro atoms. The van der Waals surface area contributed by atoms with E-state index in [1.165, 1.54) is 0 Å². The van der Waals surface area contributed by atoms with Gasteiger partial charge >= 0.3 is 0 Å². The molecule has 0 bridgehead atoms. The van der Waals surface area contributed by atoms with Crippen LogP contribution < -0.4 is 5.32 Å². The molecular weight excluding hydrogens is 393 g/mol. The molecule has 3 aromatic carbocycles. The molecule has 0 aromatic heterocycles. The Labute approximate surface area is 173 Å². The zero-order chi connectivity index (χ0) is 20.4. The third kappa shape index (κ3) is 4.27. The van der Waals surface area contributed by atoms with Crippen molar-refractivity contribution in [1.29, 1.82) is 0 Å². The van der Waals surface area contributed by atoms with Gasteiger partial charge in [0, 0.05) is 17.0 Å². The van der Waals surface area contributed by atoms with Crippen molar-refractivity contribution in [2.45, 2.75) is 25.0 Å². The van der Waals surface area contributed by atoms with Crippen LogP contribution in [0.2, 0.25) is 5.02 Å².